The fraction of sp³-hybridized carbons (Fsp3) is 0.250. The maximum Gasteiger partial charge on any atom is 0.243 e. The van der Waals surface area contributed by atoms with Gasteiger partial charge >= 0.3 is 0 Å². The number of aromatic hydroxyl groups is 1. The van der Waals surface area contributed by atoms with E-state index >= 15 is 0 Å². The molecular formula is C16H17N5O2S. The Labute approximate surface area is 143 Å². The third-order valence-corrected chi connectivity index (χ3v) is 4.58. The molecular weight excluding hydrogens is 326 g/mol. The number of phenolic OH excluding ortho intramolecular Hbond substituents is 1. The zero-order chi connectivity index (χ0) is 17.1. The van der Waals surface area contributed by atoms with Crippen LogP contribution in [0.3, 0.4) is 0 Å². The average molecular weight is 343 g/mol. The van der Waals surface area contributed by atoms with E-state index in [1.54, 1.807) is 36.6 Å². The first kappa shape index (κ1) is 16.1. The summed E-state index contributed by atoms with van der Waals surface area (Å²) in [5, 5.41) is 22.1. The Balaban J connectivity index is 1.84. The van der Waals surface area contributed by atoms with Gasteiger partial charge in [-0.3, -0.25) is 0 Å². The third-order valence-electron chi connectivity index (χ3n) is 3.51. The standard InChI is InChI=1S/C16H17N5O2S/c1-9-10(2)24-14(19-9)8-17-16-20-11(7-18-21-16)15-12(22)5-4-6-13(15)23-3/h4-7,22H,8H2,1-3H3,(H,17,20,21). The third kappa shape index (κ3) is 3.28. The summed E-state index contributed by atoms with van der Waals surface area (Å²) in [4.78, 5) is 10.1. The van der Waals surface area contributed by atoms with Crippen molar-refractivity contribution < 1.29 is 9.84 Å². The molecule has 0 aliphatic rings. The van der Waals surface area contributed by atoms with E-state index in [-0.39, 0.29) is 5.75 Å². The van der Waals surface area contributed by atoms with Crippen molar-refractivity contribution in [2.24, 2.45) is 0 Å². The van der Waals surface area contributed by atoms with Gasteiger partial charge in [0.15, 0.2) is 0 Å². The summed E-state index contributed by atoms with van der Waals surface area (Å²) in [5.41, 5.74) is 2.00. The highest BCUT2D eigenvalue weighted by Gasteiger charge is 2.14. The number of thiazole rings is 1. The van der Waals surface area contributed by atoms with Gasteiger partial charge in [0.2, 0.25) is 5.95 Å². The number of aryl methyl sites for hydroxylation is 2. The van der Waals surface area contributed by atoms with E-state index in [0.717, 1.165) is 10.7 Å². The zero-order valence-electron chi connectivity index (χ0n) is 13.6. The molecule has 3 aromatic rings. The van der Waals surface area contributed by atoms with Gasteiger partial charge in [-0.2, -0.15) is 5.10 Å². The quantitative estimate of drug-likeness (QED) is 0.735. The van der Waals surface area contributed by atoms with Crippen molar-refractivity contribution in [2.45, 2.75) is 20.4 Å². The van der Waals surface area contributed by atoms with E-state index in [9.17, 15) is 5.11 Å². The molecule has 0 saturated heterocycles. The van der Waals surface area contributed by atoms with Crippen LogP contribution in [-0.2, 0) is 6.54 Å². The van der Waals surface area contributed by atoms with Crippen LogP contribution in [0.5, 0.6) is 11.5 Å². The summed E-state index contributed by atoms with van der Waals surface area (Å²) in [6, 6.07) is 5.04. The van der Waals surface area contributed by atoms with Crippen LogP contribution in [0.4, 0.5) is 5.95 Å². The molecule has 0 aliphatic heterocycles. The summed E-state index contributed by atoms with van der Waals surface area (Å²) < 4.78 is 5.29. The lowest BCUT2D eigenvalue weighted by atomic mass is 10.1. The largest absolute Gasteiger partial charge is 0.507 e. The highest BCUT2D eigenvalue weighted by molar-refractivity contribution is 7.11. The van der Waals surface area contributed by atoms with Crippen molar-refractivity contribution in [1.29, 1.82) is 0 Å². The van der Waals surface area contributed by atoms with Gasteiger partial charge in [0.05, 0.1) is 31.1 Å². The Morgan fingerprint density at radius 2 is 2.08 bits per heavy atom. The smallest absolute Gasteiger partial charge is 0.243 e. The summed E-state index contributed by atoms with van der Waals surface area (Å²) >= 11 is 1.63. The first-order chi connectivity index (χ1) is 11.6. The Hall–Kier alpha value is -2.74. The summed E-state index contributed by atoms with van der Waals surface area (Å²) in [6.45, 7) is 4.54. The summed E-state index contributed by atoms with van der Waals surface area (Å²) in [7, 11) is 1.54. The van der Waals surface area contributed by atoms with E-state index in [2.05, 4.69) is 25.5 Å². The van der Waals surface area contributed by atoms with Gasteiger partial charge in [-0.1, -0.05) is 6.07 Å². The number of aromatic nitrogens is 4. The Bertz CT molecular complexity index is 846. The molecule has 8 heteroatoms. The fourth-order valence-electron chi connectivity index (χ4n) is 2.22. The molecule has 0 amide bonds. The number of ether oxygens (including phenoxy) is 1. The Kier molecular flexibility index (Phi) is 4.57. The van der Waals surface area contributed by atoms with Gasteiger partial charge in [0, 0.05) is 4.88 Å². The number of hydrogen-bond acceptors (Lipinski definition) is 8. The van der Waals surface area contributed by atoms with E-state index in [4.69, 9.17) is 4.74 Å². The van der Waals surface area contributed by atoms with Gasteiger partial charge in [-0.15, -0.1) is 16.4 Å². The maximum absolute atomic E-state index is 10.1. The van der Waals surface area contributed by atoms with Gasteiger partial charge in [0.25, 0.3) is 0 Å². The van der Waals surface area contributed by atoms with Gasteiger partial charge in [-0.05, 0) is 26.0 Å². The van der Waals surface area contributed by atoms with Crippen LogP contribution >= 0.6 is 11.3 Å². The van der Waals surface area contributed by atoms with E-state index in [1.165, 1.54) is 11.1 Å². The number of rotatable bonds is 5. The van der Waals surface area contributed by atoms with Crippen LogP contribution in [0.2, 0.25) is 0 Å². The van der Waals surface area contributed by atoms with E-state index < -0.39 is 0 Å². The number of nitrogens with zero attached hydrogens (tertiary/aromatic N) is 4. The molecule has 24 heavy (non-hydrogen) atoms. The molecule has 0 aliphatic carbocycles. The number of nitrogens with one attached hydrogen (secondary N) is 1. The monoisotopic (exact) mass is 343 g/mol. The first-order valence-corrected chi connectivity index (χ1v) is 8.13. The van der Waals surface area contributed by atoms with Crippen molar-refractivity contribution in [3.05, 3.63) is 40.0 Å². The van der Waals surface area contributed by atoms with Crippen LogP contribution in [0.1, 0.15) is 15.6 Å². The molecule has 2 heterocycles. The highest BCUT2D eigenvalue weighted by atomic mass is 32.1. The van der Waals surface area contributed by atoms with Gasteiger partial charge < -0.3 is 15.2 Å². The maximum atomic E-state index is 10.1. The topological polar surface area (TPSA) is 93.0 Å². The lowest BCUT2D eigenvalue weighted by Gasteiger charge is -2.10. The number of anilines is 1. The summed E-state index contributed by atoms with van der Waals surface area (Å²) in [6.07, 6.45) is 1.49. The molecule has 0 saturated carbocycles. The Morgan fingerprint density at radius 1 is 1.25 bits per heavy atom. The van der Waals surface area contributed by atoms with Crippen LogP contribution in [0.25, 0.3) is 11.3 Å². The molecule has 0 unspecified atom stereocenters. The molecule has 1 aromatic carbocycles. The Morgan fingerprint density at radius 3 is 2.79 bits per heavy atom. The van der Waals surface area contributed by atoms with E-state index in [0.29, 0.717) is 29.5 Å². The average Bonchev–Trinajstić information content (AvgIpc) is 2.91. The highest BCUT2D eigenvalue weighted by Crippen LogP contribution is 2.36. The van der Waals surface area contributed by atoms with Crippen molar-refractivity contribution in [3.63, 3.8) is 0 Å². The predicted molar refractivity (Wildman–Crippen MR) is 92.4 cm³/mol. The molecule has 0 fully saturated rings. The van der Waals surface area contributed by atoms with Gasteiger partial charge in [-0.25, -0.2) is 9.97 Å². The SMILES string of the molecule is COc1cccc(O)c1-c1cnnc(NCc2nc(C)c(C)s2)n1. The van der Waals surface area contributed by atoms with Crippen LogP contribution < -0.4 is 10.1 Å². The van der Waals surface area contributed by atoms with Crippen LogP contribution in [-0.4, -0.2) is 32.4 Å². The molecule has 0 spiro atoms. The second kappa shape index (κ2) is 6.79. The molecule has 7 nitrogen and oxygen atoms in total. The molecule has 124 valence electrons. The van der Waals surface area contributed by atoms with Crippen molar-refractivity contribution in [3.8, 4) is 22.8 Å². The van der Waals surface area contributed by atoms with Gasteiger partial charge in [0.1, 0.15) is 22.2 Å². The number of phenols is 1. The second-order valence-electron chi connectivity index (χ2n) is 5.12. The van der Waals surface area contributed by atoms with Crippen molar-refractivity contribution in [1.82, 2.24) is 20.2 Å². The predicted octanol–water partition coefficient (Wildman–Crippen LogP) is 2.94. The van der Waals surface area contributed by atoms with Crippen molar-refractivity contribution >= 4 is 17.3 Å². The van der Waals surface area contributed by atoms with Crippen molar-refractivity contribution in [2.75, 3.05) is 12.4 Å². The molecule has 0 bridgehead atoms. The molecule has 0 radical (unpaired) electrons. The zero-order valence-corrected chi connectivity index (χ0v) is 14.4. The van der Waals surface area contributed by atoms with E-state index in [1.807, 2.05) is 13.8 Å². The molecule has 2 aromatic heterocycles. The minimum atomic E-state index is 0.0759. The normalized spacial score (nSPS) is 10.6. The minimum Gasteiger partial charge on any atom is -0.507 e. The molecule has 0 atom stereocenters. The molecule has 3 rings (SSSR count). The fourth-order valence-corrected chi connectivity index (χ4v) is 3.09. The number of hydrogen-bond donors (Lipinski definition) is 2. The summed E-state index contributed by atoms with van der Waals surface area (Å²) in [5.74, 6) is 0.961. The lowest BCUT2D eigenvalue weighted by molar-refractivity contribution is 0.410. The molecule has 2 N–H and O–H groups in total. The first-order valence-electron chi connectivity index (χ1n) is 7.31. The number of benzene rings is 1. The lowest BCUT2D eigenvalue weighted by Crippen LogP contribution is -2.05. The minimum absolute atomic E-state index is 0.0759. The number of methoxy groups -OCH3 is 1. The van der Waals surface area contributed by atoms with Crippen LogP contribution in [0, 0.1) is 13.8 Å². The second-order valence-corrected chi connectivity index (χ2v) is 6.41. The van der Waals surface area contributed by atoms with Crippen LogP contribution in [0.15, 0.2) is 24.4 Å².